The van der Waals surface area contributed by atoms with Crippen LogP contribution in [0.2, 0.25) is 0 Å². The van der Waals surface area contributed by atoms with Crippen LogP contribution in [0.15, 0.2) is 24.0 Å². The Morgan fingerprint density at radius 3 is 2.42 bits per heavy atom. The molecule has 0 aromatic heterocycles. The van der Waals surface area contributed by atoms with Gasteiger partial charge in [0.15, 0.2) is 17.3 Å². The highest BCUT2D eigenvalue weighted by Crippen LogP contribution is 2.45. The van der Waals surface area contributed by atoms with Gasteiger partial charge in [-0.05, 0) is 48.7 Å². The first-order chi connectivity index (χ1) is 16.0. The Labute approximate surface area is 193 Å². The second-order valence-electron chi connectivity index (χ2n) is 7.95. The van der Waals surface area contributed by atoms with Gasteiger partial charge in [0.05, 0.1) is 32.5 Å². The first-order valence-electron chi connectivity index (χ1n) is 10.8. The van der Waals surface area contributed by atoms with E-state index in [9.17, 15) is 4.79 Å². The number of Topliss-reactive ketones (excluding diaryl/α,β-unsaturated/α-hetero) is 1. The normalized spacial score (nSPS) is 16.2. The van der Waals surface area contributed by atoms with Crippen LogP contribution >= 0.6 is 0 Å². The summed E-state index contributed by atoms with van der Waals surface area (Å²) < 4.78 is 33.5. The predicted octanol–water partition coefficient (Wildman–Crippen LogP) is 3.83. The number of allylic oxidation sites excluding steroid dienone is 1. The molecule has 2 heterocycles. The molecule has 2 aromatic carbocycles. The van der Waals surface area contributed by atoms with E-state index in [0.717, 1.165) is 29.8 Å². The van der Waals surface area contributed by atoms with Gasteiger partial charge in [0.25, 0.3) is 0 Å². The fourth-order valence-electron chi connectivity index (χ4n) is 4.19. The Morgan fingerprint density at radius 1 is 1.06 bits per heavy atom. The van der Waals surface area contributed by atoms with Crippen LogP contribution < -0.4 is 23.7 Å². The van der Waals surface area contributed by atoms with Gasteiger partial charge >= 0.3 is 0 Å². The highest BCUT2D eigenvalue weighted by atomic mass is 16.5. The third-order valence-electron chi connectivity index (χ3n) is 5.80. The number of hydrogen-bond acceptors (Lipinski definition) is 8. The molecule has 0 spiro atoms. The first-order valence-corrected chi connectivity index (χ1v) is 10.8. The van der Waals surface area contributed by atoms with Crippen molar-refractivity contribution in [1.82, 2.24) is 4.90 Å². The molecule has 0 atom stereocenters. The summed E-state index contributed by atoms with van der Waals surface area (Å²) in [7, 11) is 6.34. The lowest BCUT2D eigenvalue weighted by Gasteiger charge is -2.30. The molecule has 8 nitrogen and oxygen atoms in total. The van der Waals surface area contributed by atoms with Crippen molar-refractivity contribution in [3.8, 4) is 28.7 Å². The number of ketones is 1. The summed E-state index contributed by atoms with van der Waals surface area (Å²) in [5, 5.41) is 0. The molecule has 4 rings (SSSR count). The van der Waals surface area contributed by atoms with Crippen LogP contribution in [0.25, 0.3) is 6.08 Å². The highest BCUT2D eigenvalue weighted by Gasteiger charge is 2.35. The molecule has 0 bridgehead atoms. The smallest absolute Gasteiger partial charge is 0.232 e. The van der Waals surface area contributed by atoms with Crippen molar-refractivity contribution < 1.29 is 33.2 Å². The van der Waals surface area contributed by atoms with Crippen LogP contribution in [0.3, 0.4) is 0 Å². The zero-order valence-electron chi connectivity index (χ0n) is 19.6. The molecule has 0 saturated heterocycles. The SMILES string of the molecule is COCCCN1COc2cc(C)c3c(c2C1)O/C(=C\c1cc(OC)c(OC)c(OC)c1)C3=O. The minimum absolute atomic E-state index is 0.157. The maximum absolute atomic E-state index is 13.3. The van der Waals surface area contributed by atoms with Crippen LogP contribution in [-0.4, -0.2) is 59.0 Å². The Morgan fingerprint density at radius 2 is 1.79 bits per heavy atom. The van der Waals surface area contributed by atoms with Gasteiger partial charge in [0.2, 0.25) is 11.5 Å². The van der Waals surface area contributed by atoms with E-state index in [1.807, 2.05) is 13.0 Å². The van der Waals surface area contributed by atoms with Crippen LogP contribution in [0, 0.1) is 6.92 Å². The first kappa shape index (κ1) is 22.9. The number of carbonyl (C=O) groups is 1. The third kappa shape index (κ3) is 4.36. The topological polar surface area (TPSA) is 75.7 Å². The van der Waals surface area contributed by atoms with Crippen molar-refractivity contribution in [3.05, 3.63) is 46.2 Å². The predicted molar refractivity (Wildman–Crippen MR) is 123 cm³/mol. The van der Waals surface area contributed by atoms with Crippen LogP contribution in [0.4, 0.5) is 0 Å². The summed E-state index contributed by atoms with van der Waals surface area (Å²) >= 11 is 0. The molecular formula is C25H29NO7. The number of carbonyl (C=O) groups excluding carboxylic acids is 1. The number of hydrogen-bond donors (Lipinski definition) is 0. The lowest BCUT2D eigenvalue weighted by atomic mass is 9.98. The molecule has 2 aliphatic heterocycles. The Bertz CT molecular complexity index is 1070. The molecule has 0 radical (unpaired) electrons. The van der Waals surface area contributed by atoms with Crippen LogP contribution in [0.5, 0.6) is 28.7 Å². The molecule has 176 valence electrons. The average molecular weight is 456 g/mol. The number of benzene rings is 2. The van der Waals surface area contributed by atoms with E-state index in [1.54, 1.807) is 46.6 Å². The Balaban J connectivity index is 1.67. The summed E-state index contributed by atoms with van der Waals surface area (Å²) in [5.74, 6) is 2.91. The number of fused-ring (bicyclic) bond motifs is 3. The van der Waals surface area contributed by atoms with Crippen LogP contribution in [0.1, 0.15) is 33.5 Å². The Kier molecular flexibility index (Phi) is 6.76. The molecule has 0 N–H and O–H groups in total. The summed E-state index contributed by atoms with van der Waals surface area (Å²) in [6.07, 6.45) is 2.59. The van der Waals surface area contributed by atoms with Gasteiger partial charge in [-0.15, -0.1) is 0 Å². The third-order valence-corrected chi connectivity index (χ3v) is 5.80. The summed E-state index contributed by atoms with van der Waals surface area (Å²) in [6, 6.07) is 5.47. The molecule has 33 heavy (non-hydrogen) atoms. The lowest BCUT2D eigenvalue weighted by molar-refractivity contribution is 0.0822. The van der Waals surface area contributed by atoms with Crippen molar-refractivity contribution in [2.75, 3.05) is 48.3 Å². The highest BCUT2D eigenvalue weighted by molar-refractivity contribution is 6.16. The molecule has 0 unspecified atom stereocenters. The largest absolute Gasteiger partial charge is 0.493 e. The van der Waals surface area contributed by atoms with Gasteiger partial charge in [-0.2, -0.15) is 0 Å². The van der Waals surface area contributed by atoms with E-state index in [0.29, 0.717) is 54.0 Å². The maximum Gasteiger partial charge on any atom is 0.232 e. The number of aryl methyl sites for hydroxylation is 1. The fourth-order valence-corrected chi connectivity index (χ4v) is 4.19. The standard InChI is InChI=1S/C25H29NO7/c1-15-9-18-17(13-26(14-32-18)7-6-8-28-2)24-22(15)23(27)19(33-24)10-16-11-20(29-3)25(31-5)21(12-16)30-4/h9-12H,6-8,13-14H2,1-5H3/b19-10-. The second-order valence-corrected chi connectivity index (χ2v) is 7.95. The van der Waals surface area contributed by atoms with Gasteiger partial charge in [-0.3, -0.25) is 9.69 Å². The van der Waals surface area contributed by atoms with Gasteiger partial charge in [0, 0.05) is 26.8 Å². The second kappa shape index (κ2) is 9.72. The fraction of sp³-hybridized carbons (Fsp3) is 0.400. The van der Waals surface area contributed by atoms with Crippen LogP contribution in [-0.2, 0) is 11.3 Å². The van der Waals surface area contributed by atoms with Gasteiger partial charge < -0.3 is 28.4 Å². The number of methoxy groups -OCH3 is 4. The van der Waals surface area contributed by atoms with Gasteiger partial charge in [-0.1, -0.05) is 0 Å². The molecule has 0 fully saturated rings. The molecule has 0 amide bonds. The molecule has 0 saturated carbocycles. The monoisotopic (exact) mass is 455 g/mol. The quantitative estimate of drug-likeness (QED) is 0.439. The maximum atomic E-state index is 13.3. The molecule has 8 heteroatoms. The summed E-state index contributed by atoms with van der Waals surface area (Å²) in [4.78, 5) is 15.5. The minimum Gasteiger partial charge on any atom is -0.493 e. The van der Waals surface area contributed by atoms with E-state index in [2.05, 4.69) is 4.90 Å². The number of ether oxygens (including phenoxy) is 6. The van der Waals surface area contributed by atoms with E-state index < -0.39 is 0 Å². The van der Waals surface area contributed by atoms with E-state index >= 15 is 0 Å². The summed E-state index contributed by atoms with van der Waals surface area (Å²) in [5.41, 5.74) is 3.00. The van der Waals surface area contributed by atoms with E-state index in [1.165, 1.54) is 0 Å². The zero-order valence-corrected chi connectivity index (χ0v) is 19.6. The van der Waals surface area contributed by atoms with Crippen molar-refractivity contribution >= 4 is 11.9 Å². The van der Waals surface area contributed by atoms with Gasteiger partial charge in [0.1, 0.15) is 18.2 Å². The number of nitrogens with zero attached hydrogens (tertiary/aromatic N) is 1. The molecule has 0 aliphatic carbocycles. The van der Waals surface area contributed by atoms with Crippen molar-refractivity contribution in [2.24, 2.45) is 0 Å². The average Bonchev–Trinajstić information content (AvgIpc) is 3.15. The van der Waals surface area contributed by atoms with Gasteiger partial charge in [-0.25, -0.2) is 0 Å². The Hall–Kier alpha value is -3.23. The summed E-state index contributed by atoms with van der Waals surface area (Å²) in [6.45, 7) is 4.56. The molecule has 2 aromatic rings. The van der Waals surface area contributed by atoms with Crippen molar-refractivity contribution in [1.29, 1.82) is 0 Å². The zero-order chi connectivity index (χ0) is 23.5. The minimum atomic E-state index is -0.157. The number of rotatable bonds is 8. The van der Waals surface area contributed by atoms with E-state index in [4.69, 9.17) is 28.4 Å². The molecular weight excluding hydrogens is 426 g/mol. The van der Waals surface area contributed by atoms with Crippen molar-refractivity contribution in [2.45, 2.75) is 19.9 Å². The van der Waals surface area contributed by atoms with E-state index in [-0.39, 0.29) is 11.5 Å². The lowest BCUT2D eigenvalue weighted by Crippen LogP contribution is -2.33. The molecule has 2 aliphatic rings. The van der Waals surface area contributed by atoms with Crippen molar-refractivity contribution in [3.63, 3.8) is 0 Å².